The number of rotatable bonds is 5. The van der Waals surface area contributed by atoms with Crippen LogP contribution in [0.4, 0.5) is 0 Å². The highest BCUT2D eigenvalue weighted by molar-refractivity contribution is 5.80. The molecule has 1 N–H and O–H groups in total. The zero-order valence-corrected chi connectivity index (χ0v) is 13.2. The van der Waals surface area contributed by atoms with E-state index in [1.807, 2.05) is 17.9 Å². The zero-order valence-electron chi connectivity index (χ0n) is 13.2. The number of amides is 1. The average Bonchev–Trinajstić information content (AvgIpc) is 3.25. The molecule has 2 saturated heterocycles. The van der Waals surface area contributed by atoms with Crippen LogP contribution in [0.2, 0.25) is 0 Å². The molecule has 3 atom stereocenters. The molecule has 1 aromatic rings. The van der Waals surface area contributed by atoms with Gasteiger partial charge >= 0.3 is 0 Å². The molecule has 6 heteroatoms. The molecule has 0 aliphatic carbocycles. The van der Waals surface area contributed by atoms with Crippen LogP contribution in [0.15, 0.2) is 12.3 Å². The summed E-state index contributed by atoms with van der Waals surface area (Å²) in [7, 11) is 0. The van der Waals surface area contributed by atoms with E-state index in [-0.39, 0.29) is 12.0 Å². The van der Waals surface area contributed by atoms with Crippen molar-refractivity contribution in [3.8, 4) is 0 Å². The first-order valence-electron chi connectivity index (χ1n) is 8.25. The Labute approximate surface area is 131 Å². The fraction of sp³-hybridized carbons (Fsp3) is 0.750. The van der Waals surface area contributed by atoms with E-state index < -0.39 is 6.10 Å². The van der Waals surface area contributed by atoms with Gasteiger partial charge in [-0.15, -0.1) is 0 Å². The Bertz CT molecular complexity index is 471. The maximum atomic E-state index is 12.6. The molecule has 0 spiro atoms. The number of aromatic nitrogens is 2. The summed E-state index contributed by atoms with van der Waals surface area (Å²) in [6.45, 7) is 4.74. The average molecular weight is 307 g/mol. The number of carbonyl (C=O) groups excluding carboxylic acids is 1. The minimum Gasteiger partial charge on any atom is -0.376 e. The van der Waals surface area contributed by atoms with E-state index in [2.05, 4.69) is 10.2 Å². The van der Waals surface area contributed by atoms with Gasteiger partial charge in [0.05, 0.1) is 12.7 Å². The molecule has 0 bridgehead atoms. The lowest BCUT2D eigenvalue weighted by Crippen LogP contribution is -2.44. The largest absolute Gasteiger partial charge is 0.376 e. The molecule has 2 fully saturated rings. The highest BCUT2D eigenvalue weighted by atomic mass is 16.5. The van der Waals surface area contributed by atoms with Crippen LogP contribution in [-0.2, 0) is 14.3 Å². The van der Waals surface area contributed by atoms with Crippen LogP contribution in [-0.4, -0.2) is 59.5 Å². The second kappa shape index (κ2) is 7.24. The molecule has 6 nitrogen and oxygen atoms in total. The zero-order chi connectivity index (χ0) is 15.4. The van der Waals surface area contributed by atoms with E-state index in [0.29, 0.717) is 12.5 Å². The molecular formula is C16H25N3O3. The maximum absolute atomic E-state index is 12.6. The second-order valence-electron chi connectivity index (χ2n) is 6.25. The summed E-state index contributed by atoms with van der Waals surface area (Å²) in [5.74, 6) is 0.438. The van der Waals surface area contributed by atoms with Gasteiger partial charge in [-0.2, -0.15) is 5.10 Å². The fourth-order valence-corrected chi connectivity index (χ4v) is 3.28. The Kier molecular flexibility index (Phi) is 5.10. The quantitative estimate of drug-likeness (QED) is 0.899. The van der Waals surface area contributed by atoms with Crippen LogP contribution in [0.25, 0.3) is 0 Å². The van der Waals surface area contributed by atoms with Gasteiger partial charge in [0, 0.05) is 37.5 Å². The molecule has 0 radical (unpaired) electrons. The molecule has 2 aliphatic rings. The van der Waals surface area contributed by atoms with E-state index in [1.54, 1.807) is 6.20 Å². The van der Waals surface area contributed by atoms with Gasteiger partial charge in [0.1, 0.15) is 6.10 Å². The lowest BCUT2D eigenvalue weighted by molar-refractivity contribution is -0.145. The molecule has 0 unspecified atom stereocenters. The van der Waals surface area contributed by atoms with Gasteiger partial charge in [-0.05, 0) is 38.7 Å². The third-order valence-corrected chi connectivity index (χ3v) is 4.60. The van der Waals surface area contributed by atoms with Crippen LogP contribution in [0.1, 0.15) is 44.2 Å². The van der Waals surface area contributed by atoms with Crippen molar-refractivity contribution in [3.63, 3.8) is 0 Å². The highest BCUT2D eigenvalue weighted by Gasteiger charge is 2.29. The van der Waals surface area contributed by atoms with Crippen molar-refractivity contribution in [2.24, 2.45) is 0 Å². The van der Waals surface area contributed by atoms with Gasteiger partial charge in [0.2, 0.25) is 0 Å². The normalized spacial score (nSPS) is 27.0. The summed E-state index contributed by atoms with van der Waals surface area (Å²) in [6, 6.07) is 2.00. The second-order valence-corrected chi connectivity index (χ2v) is 6.25. The minimum absolute atomic E-state index is 0.0854. The van der Waals surface area contributed by atoms with Crippen LogP contribution in [0.5, 0.6) is 0 Å². The number of nitrogens with one attached hydrogen (secondary N) is 1. The molecule has 122 valence electrons. The van der Waals surface area contributed by atoms with Gasteiger partial charge in [-0.3, -0.25) is 9.89 Å². The predicted octanol–water partition coefficient (Wildman–Crippen LogP) is 1.70. The van der Waals surface area contributed by atoms with Gasteiger partial charge < -0.3 is 14.4 Å². The number of piperidine rings is 1. The van der Waals surface area contributed by atoms with Crippen LogP contribution < -0.4 is 0 Å². The number of ether oxygens (including phenoxy) is 2. The van der Waals surface area contributed by atoms with Gasteiger partial charge in [-0.1, -0.05) is 0 Å². The number of hydrogen-bond acceptors (Lipinski definition) is 4. The highest BCUT2D eigenvalue weighted by Crippen LogP contribution is 2.25. The fourth-order valence-electron chi connectivity index (χ4n) is 3.28. The third kappa shape index (κ3) is 3.67. The van der Waals surface area contributed by atoms with Gasteiger partial charge in [0.25, 0.3) is 5.91 Å². The molecular weight excluding hydrogens is 282 g/mol. The summed E-state index contributed by atoms with van der Waals surface area (Å²) in [5, 5.41) is 7.03. The molecule has 1 amide bonds. The summed E-state index contributed by atoms with van der Waals surface area (Å²) >= 11 is 0. The number of aromatic amines is 1. The van der Waals surface area contributed by atoms with Crippen molar-refractivity contribution < 1.29 is 14.3 Å². The van der Waals surface area contributed by atoms with E-state index in [0.717, 1.165) is 51.1 Å². The maximum Gasteiger partial charge on any atom is 0.251 e. The first kappa shape index (κ1) is 15.5. The van der Waals surface area contributed by atoms with Crippen molar-refractivity contribution in [3.05, 3.63) is 18.0 Å². The molecule has 3 heterocycles. The van der Waals surface area contributed by atoms with Crippen LogP contribution in [0.3, 0.4) is 0 Å². The lowest BCUT2D eigenvalue weighted by atomic mass is 9.94. The van der Waals surface area contributed by atoms with E-state index in [1.165, 1.54) is 0 Å². The Hall–Kier alpha value is -1.40. The van der Waals surface area contributed by atoms with Gasteiger partial charge in [0.15, 0.2) is 0 Å². The summed E-state index contributed by atoms with van der Waals surface area (Å²) < 4.78 is 11.3. The molecule has 2 aliphatic heterocycles. The first-order valence-corrected chi connectivity index (χ1v) is 8.25. The number of carbonyl (C=O) groups is 1. The number of hydrogen-bond donors (Lipinski definition) is 1. The molecule has 22 heavy (non-hydrogen) atoms. The SMILES string of the molecule is C[C@H](OC[C@@H]1CCCO1)C(=O)N1CCC[C@@H](c2ccn[nH]2)C1. The topological polar surface area (TPSA) is 67.5 Å². The van der Waals surface area contributed by atoms with Crippen molar-refractivity contribution >= 4 is 5.91 Å². The van der Waals surface area contributed by atoms with E-state index in [9.17, 15) is 4.79 Å². The Balaban J connectivity index is 1.50. The summed E-state index contributed by atoms with van der Waals surface area (Å²) in [6.07, 6.45) is 5.77. The Morgan fingerprint density at radius 2 is 2.45 bits per heavy atom. The summed E-state index contributed by atoms with van der Waals surface area (Å²) in [5.41, 5.74) is 1.12. The summed E-state index contributed by atoms with van der Waals surface area (Å²) in [4.78, 5) is 14.5. The van der Waals surface area contributed by atoms with Crippen molar-refractivity contribution in [2.45, 2.75) is 50.7 Å². The smallest absolute Gasteiger partial charge is 0.251 e. The number of nitrogens with zero attached hydrogens (tertiary/aromatic N) is 2. The van der Waals surface area contributed by atoms with Gasteiger partial charge in [-0.25, -0.2) is 0 Å². The van der Waals surface area contributed by atoms with Crippen LogP contribution >= 0.6 is 0 Å². The van der Waals surface area contributed by atoms with Crippen molar-refractivity contribution in [2.75, 3.05) is 26.3 Å². The predicted molar refractivity (Wildman–Crippen MR) is 81.5 cm³/mol. The number of likely N-dealkylation sites (tertiary alicyclic amines) is 1. The standard InChI is InChI=1S/C16H25N3O3/c1-12(22-11-14-5-3-9-21-14)16(20)19-8-2-4-13(10-19)15-6-7-17-18-15/h6-7,12-14H,2-5,8-11H2,1H3,(H,17,18)/t12-,13+,14-/m0/s1. The van der Waals surface area contributed by atoms with Crippen molar-refractivity contribution in [1.82, 2.24) is 15.1 Å². The molecule has 0 saturated carbocycles. The monoisotopic (exact) mass is 307 g/mol. The minimum atomic E-state index is -0.398. The van der Waals surface area contributed by atoms with E-state index >= 15 is 0 Å². The lowest BCUT2D eigenvalue weighted by Gasteiger charge is -2.34. The number of H-pyrrole nitrogens is 1. The Morgan fingerprint density at radius 1 is 1.55 bits per heavy atom. The third-order valence-electron chi connectivity index (χ3n) is 4.60. The molecule has 1 aromatic heterocycles. The first-order chi connectivity index (χ1) is 10.7. The van der Waals surface area contributed by atoms with Crippen molar-refractivity contribution in [1.29, 1.82) is 0 Å². The molecule has 0 aromatic carbocycles. The molecule has 3 rings (SSSR count). The van der Waals surface area contributed by atoms with Crippen LogP contribution in [0, 0.1) is 0 Å². The van der Waals surface area contributed by atoms with E-state index in [4.69, 9.17) is 9.47 Å². The Morgan fingerprint density at radius 3 is 3.18 bits per heavy atom.